The Morgan fingerprint density at radius 3 is 2.00 bits per heavy atom. The van der Waals surface area contributed by atoms with E-state index < -0.39 is 0 Å². The van der Waals surface area contributed by atoms with Crippen molar-refractivity contribution in [2.75, 3.05) is 19.0 Å². The van der Waals surface area contributed by atoms with E-state index in [9.17, 15) is 4.79 Å². The summed E-state index contributed by atoms with van der Waals surface area (Å²) in [4.78, 5) is 12.3. The van der Waals surface area contributed by atoms with Gasteiger partial charge in [-0.15, -0.1) is 0 Å². The molecule has 0 heterocycles. The van der Waals surface area contributed by atoms with E-state index in [2.05, 4.69) is 0 Å². The lowest BCUT2D eigenvalue weighted by Gasteiger charge is -2.16. The van der Waals surface area contributed by atoms with Crippen molar-refractivity contribution >= 4 is 35.2 Å². The second kappa shape index (κ2) is 3.99. The van der Waals surface area contributed by atoms with Crippen LogP contribution in [-0.4, -0.2) is 20.4 Å². The van der Waals surface area contributed by atoms with Crippen LogP contribution in [0.25, 0.3) is 0 Å². The number of hydrogen-bond donors (Lipinski definition) is 0. The van der Waals surface area contributed by atoms with Crippen molar-refractivity contribution in [2.24, 2.45) is 0 Å². The molecule has 0 atom stereocenters. The summed E-state index contributed by atoms with van der Waals surface area (Å²) in [5.41, 5.74) is 1.22. The predicted molar refractivity (Wildman–Crippen MR) is 56.2 cm³/mol. The molecule has 0 unspecified atom stereocenters. The van der Waals surface area contributed by atoms with Crippen LogP contribution in [0.15, 0.2) is 12.1 Å². The molecule has 0 aromatic heterocycles. The summed E-state index contributed by atoms with van der Waals surface area (Å²) in [6.45, 7) is 0. The average Bonchev–Trinajstić information content (AvgIpc) is 2.02. The molecule has 0 aliphatic rings. The topological polar surface area (TPSA) is 20.3 Å². The van der Waals surface area contributed by atoms with Crippen molar-refractivity contribution < 1.29 is 4.79 Å². The largest absolute Gasteiger partial charge is 0.375 e. The fraction of sp³-hybridized carbons (Fsp3) is 0.222. The molecular formula is C9H9Cl2NO. The van der Waals surface area contributed by atoms with Crippen LogP contribution in [0, 0.1) is 0 Å². The molecule has 0 aliphatic heterocycles. The van der Waals surface area contributed by atoms with Crippen LogP contribution < -0.4 is 4.90 Å². The van der Waals surface area contributed by atoms with Gasteiger partial charge in [0.15, 0.2) is 0 Å². The van der Waals surface area contributed by atoms with Crippen LogP contribution >= 0.6 is 23.2 Å². The van der Waals surface area contributed by atoms with Crippen LogP contribution in [0.3, 0.4) is 0 Å². The molecular weight excluding hydrogens is 209 g/mol. The summed E-state index contributed by atoms with van der Waals surface area (Å²) in [6, 6.07) is 3.19. The lowest BCUT2D eigenvalue weighted by Crippen LogP contribution is -2.10. The van der Waals surface area contributed by atoms with Gasteiger partial charge >= 0.3 is 0 Å². The van der Waals surface area contributed by atoms with Gasteiger partial charge in [0.25, 0.3) is 0 Å². The van der Waals surface area contributed by atoms with Crippen LogP contribution in [0.2, 0.25) is 10.0 Å². The van der Waals surface area contributed by atoms with Crippen molar-refractivity contribution in [1.82, 2.24) is 0 Å². The first kappa shape index (κ1) is 10.4. The quantitative estimate of drug-likeness (QED) is 0.711. The summed E-state index contributed by atoms with van der Waals surface area (Å²) in [6.07, 6.45) is 0.719. The average molecular weight is 218 g/mol. The lowest BCUT2D eigenvalue weighted by atomic mass is 10.2. The third-order valence-corrected chi connectivity index (χ3v) is 2.20. The number of hydrogen-bond acceptors (Lipinski definition) is 2. The van der Waals surface area contributed by atoms with Gasteiger partial charge in [0.05, 0.1) is 15.7 Å². The van der Waals surface area contributed by atoms with Gasteiger partial charge in [-0.2, -0.15) is 0 Å². The Hall–Kier alpha value is -0.730. The van der Waals surface area contributed by atoms with Crippen LogP contribution in [0.1, 0.15) is 10.4 Å². The van der Waals surface area contributed by atoms with E-state index in [1.165, 1.54) is 0 Å². The monoisotopic (exact) mass is 217 g/mol. The third kappa shape index (κ3) is 2.14. The Morgan fingerprint density at radius 1 is 1.23 bits per heavy atom. The smallest absolute Gasteiger partial charge is 0.150 e. The van der Waals surface area contributed by atoms with Gasteiger partial charge in [0, 0.05) is 19.7 Å². The minimum Gasteiger partial charge on any atom is -0.375 e. The first-order chi connectivity index (χ1) is 6.06. The van der Waals surface area contributed by atoms with Gasteiger partial charge in [-0.3, -0.25) is 4.79 Å². The summed E-state index contributed by atoms with van der Waals surface area (Å²) in [7, 11) is 3.68. The zero-order valence-corrected chi connectivity index (χ0v) is 8.86. The number of anilines is 1. The highest BCUT2D eigenvalue weighted by atomic mass is 35.5. The van der Waals surface area contributed by atoms with Crippen LogP contribution in [0.4, 0.5) is 5.69 Å². The van der Waals surface area contributed by atoms with Crippen molar-refractivity contribution in [3.05, 3.63) is 27.7 Å². The van der Waals surface area contributed by atoms with E-state index >= 15 is 0 Å². The fourth-order valence-corrected chi connectivity index (χ4v) is 1.92. The first-order valence-electron chi connectivity index (χ1n) is 3.68. The van der Waals surface area contributed by atoms with Crippen molar-refractivity contribution in [3.8, 4) is 0 Å². The number of carbonyl (C=O) groups is 1. The van der Waals surface area contributed by atoms with Crippen molar-refractivity contribution in [1.29, 1.82) is 0 Å². The van der Waals surface area contributed by atoms with Crippen LogP contribution in [0.5, 0.6) is 0 Å². The summed E-state index contributed by atoms with van der Waals surface area (Å²) in [5, 5.41) is 0.971. The molecule has 4 heteroatoms. The zero-order valence-electron chi connectivity index (χ0n) is 7.34. The predicted octanol–water partition coefficient (Wildman–Crippen LogP) is 2.87. The Labute approximate surface area is 87.1 Å². The number of benzene rings is 1. The summed E-state index contributed by atoms with van der Waals surface area (Å²) in [5.74, 6) is 0. The molecule has 0 bridgehead atoms. The van der Waals surface area contributed by atoms with E-state index in [1.807, 2.05) is 14.1 Å². The highest BCUT2D eigenvalue weighted by molar-refractivity contribution is 6.39. The Kier molecular flexibility index (Phi) is 3.17. The summed E-state index contributed by atoms with van der Waals surface area (Å²) < 4.78 is 0. The molecule has 2 nitrogen and oxygen atoms in total. The maximum atomic E-state index is 10.5. The van der Waals surface area contributed by atoms with Gasteiger partial charge < -0.3 is 4.90 Å². The normalized spacial score (nSPS) is 9.85. The maximum Gasteiger partial charge on any atom is 0.150 e. The number of carbonyl (C=O) groups excluding carboxylic acids is 1. The molecule has 70 valence electrons. The third-order valence-electron chi connectivity index (χ3n) is 1.62. The lowest BCUT2D eigenvalue weighted by molar-refractivity contribution is 0.112. The van der Waals surface area contributed by atoms with Gasteiger partial charge in [-0.05, 0) is 12.1 Å². The molecule has 0 saturated heterocycles. The van der Waals surface area contributed by atoms with E-state index in [0.29, 0.717) is 15.6 Å². The van der Waals surface area contributed by atoms with E-state index in [0.717, 1.165) is 12.0 Å². The highest BCUT2D eigenvalue weighted by Crippen LogP contribution is 2.33. The molecule has 1 aromatic carbocycles. The number of nitrogens with zero attached hydrogens (tertiary/aromatic N) is 1. The Balaban J connectivity index is 3.31. The van der Waals surface area contributed by atoms with Gasteiger partial charge in [-0.1, -0.05) is 23.2 Å². The fourth-order valence-electron chi connectivity index (χ4n) is 1.08. The minimum absolute atomic E-state index is 0.486. The van der Waals surface area contributed by atoms with Gasteiger partial charge in [0.1, 0.15) is 6.29 Å². The van der Waals surface area contributed by atoms with Gasteiger partial charge in [0.2, 0.25) is 0 Å². The number of halogens is 2. The molecule has 1 aromatic rings. The summed E-state index contributed by atoms with van der Waals surface area (Å²) >= 11 is 11.8. The molecule has 13 heavy (non-hydrogen) atoms. The molecule has 0 radical (unpaired) electrons. The SMILES string of the molecule is CN(C)c1c(Cl)cc(C=O)cc1Cl. The van der Waals surface area contributed by atoms with Crippen LogP contribution in [-0.2, 0) is 0 Å². The van der Waals surface area contributed by atoms with E-state index in [1.54, 1.807) is 17.0 Å². The molecule has 0 fully saturated rings. The number of rotatable bonds is 2. The Morgan fingerprint density at radius 2 is 1.69 bits per heavy atom. The highest BCUT2D eigenvalue weighted by Gasteiger charge is 2.09. The second-order valence-electron chi connectivity index (χ2n) is 2.85. The maximum absolute atomic E-state index is 10.5. The molecule has 0 saturated carbocycles. The van der Waals surface area contributed by atoms with E-state index in [4.69, 9.17) is 23.2 Å². The zero-order chi connectivity index (χ0) is 10.0. The van der Waals surface area contributed by atoms with Crippen molar-refractivity contribution in [2.45, 2.75) is 0 Å². The number of aldehydes is 1. The molecule has 0 aliphatic carbocycles. The second-order valence-corrected chi connectivity index (χ2v) is 3.66. The van der Waals surface area contributed by atoms with E-state index in [-0.39, 0.29) is 0 Å². The molecule has 1 rings (SSSR count). The molecule has 0 spiro atoms. The standard InChI is InChI=1S/C9H9Cl2NO/c1-12(2)9-7(10)3-6(5-13)4-8(9)11/h3-5H,1-2H3. The van der Waals surface area contributed by atoms with Crippen molar-refractivity contribution in [3.63, 3.8) is 0 Å². The molecule has 0 N–H and O–H groups in total. The van der Waals surface area contributed by atoms with Gasteiger partial charge in [-0.25, -0.2) is 0 Å². The Bertz CT molecular complexity index is 313. The minimum atomic E-state index is 0.486. The first-order valence-corrected chi connectivity index (χ1v) is 4.43. The molecule has 0 amide bonds.